The number of nitrogens with zero attached hydrogens (tertiary/aromatic N) is 1. The number of benzene rings is 1. The second-order valence-electron chi connectivity index (χ2n) is 5.21. The molecule has 1 unspecified atom stereocenters. The minimum atomic E-state index is -3.71. The molecule has 8 heteroatoms. The van der Waals surface area contributed by atoms with Crippen LogP contribution in [0.25, 0.3) is 0 Å². The Bertz CT molecular complexity index is 659. The van der Waals surface area contributed by atoms with Crippen molar-refractivity contribution in [2.24, 2.45) is 0 Å². The minimum absolute atomic E-state index is 0.0311. The lowest BCUT2D eigenvalue weighted by atomic mass is 10.2. The molecule has 1 aromatic rings. The molecule has 1 aromatic carbocycles. The Kier molecular flexibility index (Phi) is 5.05. The first-order valence-corrected chi connectivity index (χ1v) is 8.31. The summed E-state index contributed by atoms with van der Waals surface area (Å²) < 4.78 is 37.8. The van der Waals surface area contributed by atoms with Gasteiger partial charge in [-0.05, 0) is 24.6 Å². The Morgan fingerprint density at radius 1 is 1.45 bits per heavy atom. The molecule has 1 atom stereocenters. The number of likely N-dealkylation sites (N-methyl/N-ethyl adjacent to an activating group) is 1. The molecule has 0 aliphatic carbocycles. The topological polar surface area (TPSA) is 84.9 Å². The Morgan fingerprint density at radius 3 is 2.82 bits per heavy atom. The van der Waals surface area contributed by atoms with Gasteiger partial charge < -0.3 is 14.4 Å². The van der Waals surface area contributed by atoms with Crippen LogP contribution < -0.4 is 9.46 Å². The number of methoxy groups -OCH3 is 1. The molecule has 0 radical (unpaired) electrons. The van der Waals surface area contributed by atoms with Gasteiger partial charge in [-0.1, -0.05) is 6.07 Å². The average molecular weight is 328 g/mol. The number of rotatable bonds is 5. The normalized spacial score (nSPS) is 19.3. The number of morpholine rings is 1. The Labute approximate surface area is 130 Å². The van der Waals surface area contributed by atoms with Gasteiger partial charge in [0.1, 0.15) is 17.3 Å². The highest BCUT2D eigenvalue weighted by atomic mass is 32.2. The van der Waals surface area contributed by atoms with E-state index in [-0.39, 0.29) is 35.8 Å². The van der Waals surface area contributed by atoms with Crippen LogP contribution in [0.15, 0.2) is 23.1 Å². The predicted octanol–water partition coefficient (Wildman–Crippen LogP) is 0.139. The highest BCUT2D eigenvalue weighted by Gasteiger charge is 2.26. The van der Waals surface area contributed by atoms with Crippen LogP contribution in [0.5, 0.6) is 5.75 Å². The number of carbonyl (C=O) groups is 1. The van der Waals surface area contributed by atoms with E-state index in [1.165, 1.54) is 12.0 Å². The van der Waals surface area contributed by atoms with Crippen molar-refractivity contribution in [2.75, 3.05) is 33.9 Å². The number of carbonyl (C=O) groups excluding carboxylic acids is 1. The molecule has 122 valence electrons. The van der Waals surface area contributed by atoms with Crippen LogP contribution in [-0.4, -0.2) is 59.2 Å². The fraction of sp³-hybridized carbons (Fsp3) is 0.500. The van der Waals surface area contributed by atoms with Gasteiger partial charge in [-0.15, -0.1) is 0 Å². The summed E-state index contributed by atoms with van der Waals surface area (Å²) in [5.41, 5.74) is 0.820. The first kappa shape index (κ1) is 16.7. The molecule has 0 spiro atoms. The summed E-state index contributed by atoms with van der Waals surface area (Å²) in [4.78, 5) is 12.9. The van der Waals surface area contributed by atoms with E-state index in [0.717, 1.165) is 5.56 Å². The van der Waals surface area contributed by atoms with Crippen LogP contribution in [0.3, 0.4) is 0 Å². The van der Waals surface area contributed by atoms with Crippen LogP contribution >= 0.6 is 0 Å². The molecule has 22 heavy (non-hydrogen) atoms. The highest BCUT2D eigenvalue weighted by Crippen LogP contribution is 2.24. The smallest absolute Gasteiger partial charge is 0.248 e. The van der Waals surface area contributed by atoms with E-state index in [1.807, 2.05) is 6.92 Å². The number of hydrogen-bond donors (Lipinski definition) is 1. The van der Waals surface area contributed by atoms with Gasteiger partial charge >= 0.3 is 0 Å². The number of amides is 1. The van der Waals surface area contributed by atoms with Gasteiger partial charge in [-0.3, -0.25) is 4.79 Å². The van der Waals surface area contributed by atoms with Gasteiger partial charge in [0, 0.05) is 20.1 Å². The molecular weight excluding hydrogens is 308 g/mol. The van der Waals surface area contributed by atoms with E-state index in [2.05, 4.69) is 4.72 Å². The molecule has 2 rings (SSSR count). The second-order valence-corrected chi connectivity index (χ2v) is 6.95. The van der Waals surface area contributed by atoms with Gasteiger partial charge in [0.2, 0.25) is 15.9 Å². The van der Waals surface area contributed by atoms with Crippen molar-refractivity contribution in [2.45, 2.75) is 17.9 Å². The number of aryl methyl sites for hydroxylation is 1. The van der Waals surface area contributed by atoms with E-state index in [1.54, 1.807) is 25.2 Å². The quantitative estimate of drug-likeness (QED) is 0.831. The minimum Gasteiger partial charge on any atom is -0.495 e. The summed E-state index contributed by atoms with van der Waals surface area (Å²) in [6.07, 6.45) is -0.367. The zero-order valence-electron chi connectivity index (χ0n) is 12.8. The molecule has 1 heterocycles. The maximum atomic E-state index is 12.4. The number of hydrogen-bond acceptors (Lipinski definition) is 5. The van der Waals surface area contributed by atoms with E-state index in [9.17, 15) is 13.2 Å². The van der Waals surface area contributed by atoms with Gasteiger partial charge in [0.15, 0.2) is 0 Å². The Hall–Kier alpha value is -1.64. The van der Waals surface area contributed by atoms with Crippen molar-refractivity contribution < 1.29 is 22.7 Å². The van der Waals surface area contributed by atoms with Gasteiger partial charge in [0.25, 0.3) is 0 Å². The molecular formula is C14H20N2O5S. The second kappa shape index (κ2) is 6.64. The summed E-state index contributed by atoms with van der Waals surface area (Å²) in [5, 5.41) is 0. The van der Waals surface area contributed by atoms with E-state index in [4.69, 9.17) is 9.47 Å². The van der Waals surface area contributed by atoms with Crippen LogP contribution in [0.1, 0.15) is 5.56 Å². The fourth-order valence-corrected chi connectivity index (χ4v) is 3.48. The Balaban J connectivity index is 2.09. The molecule has 1 aliphatic rings. The van der Waals surface area contributed by atoms with Crippen molar-refractivity contribution in [3.8, 4) is 5.75 Å². The lowest BCUT2D eigenvalue weighted by molar-refractivity contribution is -0.146. The first-order chi connectivity index (χ1) is 10.3. The summed E-state index contributed by atoms with van der Waals surface area (Å²) in [5.74, 6) is 0.175. The standard InChI is InChI=1S/C14H20N2O5S/c1-10-4-5-12(20-3)13(6-10)22(18,19)15-7-11-8-16(2)14(17)9-21-11/h4-6,11,15H,7-9H2,1-3H3. The SMILES string of the molecule is COc1ccc(C)cc1S(=O)(=O)NCC1CN(C)C(=O)CO1. The van der Waals surface area contributed by atoms with Crippen molar-refractivity contribution in [3.05, 3.63) is 23.8 Å². The molecule has 0 saturated carbocycles. The van der Waals surface area contributed by atoms with Crippen LogP contribution in [0, 0.1) is 6.92 Å². The fourth-order valence-electron chi connectivity index (χ4n) is 2.16. The third-order valence-corrected chi connectivity index (χ3v) is 4.90. The van der Waals surface area contributed by atoms with Gasteiger partial charge in [-0.25, -0.2) is 13.1 Å². The maximum absolute atomic E-state index is 12.4. The average Bonchev–Trinajstić information content (AvgIpc) is 2.48. The maximum Gasteiger partial charge on any atom is 0.248 e. The Morgan fingerprint density at radius 2 is 2.18 bits per heavy atom. The molecule has 1 saturated heterocycles. The number of ether oxygens (including phenoxy) is 2. The predicted molar refractivity (Wildman–Crippen MR) is 80.3 cm³/mol. The first-order valence-electron chi connectivity index (χ1n) is 6.83. The third-order valence-electron chi connectivity index (χ3n) is 3.46. The number of sulfonamides is 1. The molecule has 7 nitrogen and oxygen atoms in total. The van der Waals surface area contributed by atoms with E-state index in [0.29, 0.717) is 6.54 Å². The van der Waals surface area contributed by atoms with Crippen LogP contribution in [0.4, 0.5) is 0 Å². The number of nitrogens with one attached hydrogen (secondary N) is 1. The van der Waals surface area contributed by atoms with Gasteiger partial charge in [-0.2, -0.15) is 0 Å². The van der Waals surface area contributed by atoms with E-state index >= 15 is 0 Å². The summed E-state index contributed by atoms with van der Waals surface area (Å²) in [6, 6.07) is 4.95. The molecule has 0 bridgehead atoms. The molecule has 1 fully saturated rings. The molecule has 1 aliphatic heterocycles. The summed E-state index contributed by atoms with van der Waals surface area (Å²) in [6.45, 7) is 2.23. The van der Waals surface area contributed by atoms with E-state index < -0.39 is 10.0 Å². The molecule has 0 aromatic heterocycles. The largest absolute Gasteiger partial charge is 0.495 e. The van der Waals surface area contributed by atoms with Crippen molar-refractivity contribution in [1.82, 2.24) is 9.62 Å². The molecule has 1 N–H and O–H groups in total. The molecule has 1 amide bonds. The lowest BCUT2D eigenvalue weighted by Crippen LogP contribution is -2.48. The van der Waals surface area contributed by atoms with Crippen molar-refractivity contribution >= 4 is 15.9 Å². The monoisotopic (exact) mass is 328 g/mol. The lowest BCUT2D eigenvalue weighted by Gasteiger charge is -2.29. The zero-order valence-corrected chi connectivity index (χ0v) is 13.6. The van der Waals surface area contributed by atoms with Crippen molar-refractivity contribution in [3.63, 3.8) is 0 Å². The van der Waals surface area contributed by atoms with Crippen molar-refractivity contribution in [1.29, 1.82) is 0 Å². The summed E-state index contributed by atoms with van der Waals surface area (Å²) >= 11 is 0. The van der Waals surface area contributed by atoms with Gasteiger partial charge in [0.05, 0.1) is 13.2 Å². The zero-order chi connectivity index (χ0) is 16.3. The summed E-state index contributed by atoms with van der Waals surface area (Å²) in [7, 11) is -0.627. The van der Waals surface area contributed by atoms with Crippen LogP contribution in [0.2, 0.25) is 0 Å². The highest BCUT2D eigenvalue weighted by molar-refractivity contribution is 7.89. The van der Waals surface area contributed by atoms with Crippen LogP contribution in [-0.2, 0) is 19.6 Å². The third kappa shape index (κ3) is 3.76.